The molecule has 1 aliphatic carbocycles. The molecule has 0 saturated heterocycles. The molecule has 0 radical (unpaired) electrons. The number of aryl methyl sites for hydroxylation is 1. The van der Waals surface area contributed by atoms with Crippen LogP contribution >= 0.6 is 11.3 Å². The van der Waals surface area contributed by atoms with Crippen molar-refractivity contribution in [3.8, 4) is 22.4 Å². The molecule has 5 aromatic rings. The van der Waals surface area contributed by atoms with Crippen molar-refractivity contribution in [3.05, 3.63) is 89.6 Å². The summed E-state index contributed by atoms with van der Waals surface area (Å²) in [5.74, 6) is 0. The van der Waals surface area contributed by atoms with Gasteiger partial charge in [-0.2, -0.15) is 0 Å². The molecular weight excluding hydrogens is 370 g/mol. The van der Waals surface area contributed by atoms with E-state index in [2.05, 4.69) is 93.7 Å². The summed E-state index contributed by atoms with van der Waals surface area (Å²) in [4.78, 5) is 4.87. The standard InChI is InChI=1S/C27H21NS/c1-16-7-6-8-17(13-16)23-14-21-19-11-12-20-18-9-4-5-10-24(18)29-26(20)25(19)27(2,3)22(21)15-28-23/h4-15H,1-3H3. The molecule has 0 atom stereocenters. The normalized spacial score (nSPS) is 14.3. The molecular formula is C27H21NS. The lowest BCUT2D eigenvalue weighted by atomic mass is 9.82. The molecule has 0 saturated carbocycles. The van der Waals surface area contributed by atoms with Crippen molar-refractivity contribution in [3.63, 3.8) is 0 Å². The van der Waals surface area contributed by atoms with Crippen LogP contribution in [0.5, 0.6) is 0 Å². The van der Waals surface area contributed by atoms with Gasteiger partial charge in [0.05, 0.1) is 5.69 Å². The lowest BCUT2D eigenvalue weighted by molar-refractivity contribution is 0.664. The van der Waals surface area contributed by atoms with E-state index in [1.54, 1.807) is 0 Å². The number of hydrogen-bond acceptors (Lipinski definition) is 2. The van der Waals surface area contributed by atoms with Gasteiger partial charge in [0.25, 0.3) is 0 Å². The van der Waals surface area contributed by atoms with Crippen molar-refractivity contribution in [1.82, 2.24) is 4.98 Å². The van der Waals surface area contributed by atoms with Crippen LogP contribution in [-0.2, 0) is 5.41 Å². The molecule has 140 valence electrons. The predicted molar refractivity (Wildman–Crippen MR) is 125 cm³/mol. The van der Waals surface area contributed by atoms with Crippen LogP contribution in [0.4, 0.5) is 0 Å². The Kier molecular flexibility index (Phi) is 3.37. The fourth-order valence-electron chi connectivity index (χ4n) is 4.91. The number of benzene rings is 3. The molecule has 2 heterocycles. The molecule has 0 fully saturated rings. The summed E-state index contributed by atoms with van der Waals surface area (Å²) in [7, 11) is 0. The number of thiophene rings is 1. The summed E-state index contributed by atoms with van der Waals surface area (Å²) in [6.45, 7) is 6.82. The molecule has 1 nitrogen and oxygen atoms in total. The van der Waals surface area contributed by atoms with E-state index >= 15 is 0 Å². The molecule has 0 unspecified atom stereocenters. The van der Waals surface area contributed by atoms with Gasteiger partial charge in [0.15, 0.2) is 0 Å². The van der Waals surface area contributed by atoms with Gasteiger partial charge in [0.2, 0.25) is 0 Å². The Labute approximate surface area is 174 Å². The maximum atomic E-state index is 4.87. The molecule has 6 rings (SSSR count). The van der Waals surface area contributed by atoms with Crippen LogP contribution < -0.4 is 0 Å². The van der Waals surface area contributed by atoms with Gasteiger partial charge in [-0.05, 0) is 47.4 Å². The number of hydrogen-bond donors (Lipinski definition) is 0. The van der Waals surface area contributed by atoms with Crippen molar-refractivity contribution in [2.45, 2.75) is 26.2 Å². The van der Waals surface area contributed by atoms with Crippen LogP contribution in [0.25, 0.3) is 42.6 Å². The first-order chi connectivity index (χ1) is 14.0. The molecule has 0 bridgehead atoms. The second-order valence-corrected chi connectivity index (χ2v) is 9.62. The molecule has 2 aromatic heterocycles. The average molecular weight is 392 g/mol. The lowest BCUT2D eigenvalue weighted by Gasteiger charge is -2.21. The van der Waals surface area contributed by atoms with Gasteiger partial charge in [-0.3, -0.25) is 4.98 Å². The minimum absolute atomic E-state index is 0.0524. The molecule has 2 heteroatoms. The first-order valence-corrected chi connectivity index (χ1v) is 10.9. The Balaban J connectivity index is 1.65. The average Bonchev–Trinajstić information content (AvgIpc) is 3.21. The van der Waals surface area contributed by atoms with Crippen molar-refractivity contribution >= 4 is 31.5 Å². The summed E-state index contributed by atoms with van der Waals surface area (Å²) < 4.78 is 2.78. The highest BCUT2D eigenvalue weighted by Crippen LogP contribution is 2.54. The number of rotatable bonds is 1. The molecule has 1 aliphatic rings. The maximum absolute atomic E-state index is 4.87. The van der Waals surface area contributed by atoms with Crippen LogP contribution in [0.15, 0.2) is 72.9 Å². The number of fused-ring (bicyclic) bond motifs is 7. The van der Waals surface area contributed by atoms with Crippen molar-refractivity contribution in [1.29, 1.82) is 0 Å². The van der Waals surface area contributed by atoms with Crippen LogP contribution in [0.2, 0.25) is 0 Å². The summed E-state index contributed by atoms with van der Waals surface area (Å²) >= 11 is 1.92. The quantitative estimate of drug-likeness (QED) is 0.285. The maximum Gasteiger partial charge on any atom is 0.0708 e. The third-order valence-corrected chi connectivity index (χ3v) is 7.56. The zero-order chi connectivity index (χ0) is 19.8. The highest BCUT2D eigenvalue weighted by atomic mass is 32.1. The van der Waals surface area contributed by atoms with Gasteiger partial charge in [-0.15, -0.1) is 11.3 Å². The van der Waals surface area contributed by atoms with Gasteiger partial charge in [0.1, 0.15) is 0 Å². The number of aromatic nitrogens is 1. The van der Waals surface area contributed by atoms with E-state index in [0.29, 0.717) is 0 Å². The largest absolute Gasteiger partial charge is 0.256 e. The van der Waals surface area contributed by atoms with Crippen LogP contribution in [0.1, 0.15) is 30.5 Å². The van der Waals surface area contributed by atoms with Crippen molar-refractivity contribution in [2.24, 2.45) is 0 Å². The van der Waals surface area contributed by atoms with E-state index in [0.717, 1.165) is 5.69 Å². The molecule has 0 aliphatic heterocycles. The summed E-state index contributed by atoms with van der Waals surface area (Å²) in [6.07, 6.45) is 2.10. The van der Waals surface area contributed by atoms with Crippen LogP contribution in [0.3, 0.4) is 0 Å². The lowest BCUT2D eigenvalue weighted by Crippen LogP contribution is -2.15. The van der Waals surface area contributed by atoms with Crippen LogP contribution in [0, 0.1) is 6.92 Å². The second-order valence-electron chi connectivity index (χ2n) is 8.57. The fraction of sp³-hybridized carbons (Fsp3) is 0.148. The van der Waals surface area contributed by atoms with E-state index < -0.39 is 0 Å². The Morgan fingerprint density at radius 2 is 1.69 bits per heavy atom. The zero-order valence-electron chi connectivity index (χ0n) is 16.8. The van der Waals surface area contributed by atoms with E-state index in [4.69, 9.17) is 4.98 Å². The zero-order valence-corrected chi connectivity index (χ0v) is 17.6. The summed E-state index contributed by atoms with van der Waals surface area (Å²) in [5.41, 5.74) is 8.91. The molecule has 0 N–H and O–H groups in total. The van der Waals surface area contributed by atoms with Crippen molar-refractivity contribution in [2.75, 3.05) is 0 Å². The van der Waals surface area contributed by atoms with Gasteiger partial charge in [-0.25, -0.2) is 0 Å². The highest BCUT2D eigenvalue weighted by molar-refractivity contribution is 7.26. The minimum Gasteiger partial charge on any atom is -0.256 e. The second kappa shape index (κ2) is 5.77. The number of pyridine rings is 1. The Bertz CT molecular complexity index is 1440. The SMILES string of the molecule is Cc1cccc(-c2cc3c(cn2)C(C)(C)c2c-3ccc3c2sc2ccccc23)c1. The third kappa shape index (κ3) is 2.30. The highest BCUT2D eigenvalue weighted by Gasteiger charge is 2.38. The molecule has 0 amide bonds. The predicted octanol–water partition coefficient (Wildman–Crippen LogP) is 7.73. The molecule has 0 spiro atoms. The van der Waals surface area contributed by atoms with Crippen LogP contribution in [-0.4, -0.2) is 4.98 Å². The summed E-state index contributed by atoms with van der Waals surface area (Å²) in [6, 6.07) is 24.3. The topological polar surface area (TPSA) is 12.9 Å². The van der Waals surface area contributed by atoms with E-state index in [1.807, 2.05) is 11.3 Å². The summed E-state index contributed by atoms with van der Waals surface area (Å²) in [5, 5.41) is 2.73. The van der Waals surface area contributed by atoms with Gasteiger partial charge >= 0.3 is 0 Å². The van der Waals surface area contributed by atoms with E-state index in [-0.39, 0.29) is 5.41 Å². The first-order valence-electron chi connectivity index (χ1n) is 10.1. The fourth-order valence-corrected chi connectivity index (χ4v) is 6.32. The smallest absolute Gasteiger partial charge is 0.0708 e. The molecule has 29 heavy (non-hydrogen) atoms. The van der Waals surface area contributed by atoms with Gasteiger partial charge in [-0.1, -0.05) is 67.9 Å². The molecule has 3 aromatic carbocycles. The van der Waals surface area contributed by atoms with Crippen molar-refractivity contribution < 1.29 is 0 Å². The Morgan fingerprint density at radius 1 is 0.828 bits per heavy atom. The third-order valence-electron chi connectivity index (χ3n) is 6.35. The van der Waals surface area contributed by atoms with Gasteiger partial charge in [0, 0.05) is 37.3 Å². The Morgan fingerprint density at radius 3 is 2.55 bits per heavy atom. The Hall–Kier alpha value is -2.97. The minimum atomic E-state index is -0.0524. The first kappa shape index (κ1) is 16.9. The van der Waals surface area contributed by atoms with Gasteiger partial charge < -0.3 is 0 Å². The van der Waals surface area contributed by atoms with E-state index in [1.165, 1.54) is 53.6 Å². The monoisotopic (exact) mass is 391 g/mol. The van der Waals surface area contributed by atoms with E-state index in [9.17, 15) is 0 Å². The number of nitrogens with zero attached hydrogens (tertiary/aromatic N) is 1.